The van der Waals surface area contributed by atoms with Gasteiger partial charge in [0.15, 0.2) is 0 Å². The third-order valence-corrected chi connectivity index (χ3v) is 2.82. The van der Waals surface area contributed by atoms with Crippen molar-refractivity contribution in [2.24, 2.45) is 0 Å². The summed E-state index contributed by atoms with van der Waals surface area (Å²) in [6.07, 6.45) is 0. The molecule has 0 radical (unpaired) electrons. The largest absolute Gasteiger partial charge is 0.361 e. The molecule has 1 N–H and O–H groups in total. The Morgan fingerprint density at radius 1 is 1.52 bits per heavy atom. The van der Waals surface area contributed by atoms with Crippen LogP contribution in [-0.2, 0) is 4.79 Å². The molecule has 0 aliphatic heterocycles. The maximum Gasteiger partial charge on any atom is 0.270 e. The zero-order valence-electron chi connectivity index (χ0n) is 12.3. The van der Waals surface area contributed by atoms with Crippen LogP contribution in [0.15, 0.2) is 18.2 Å². The van der Waals surface area contributed by atoms with Crippen LogP contribution in [0.2, 0.25) is 0 Å². The lowest BCUT2D eigenvalue weighted by atomic mass is 10.1. The number of hydrogen-bond donors (Lipinski definition) is 1. The molecule has 0 bridgehead atoms. The number of non-ortho nitro benzene ring substituents is 1. The van der Waals surface area contributed by atoms with E-state index in [4.69, 9.17) is 5.26 Å². The first-order chi connectivity index (χ1) is 9.88. The van der Waals surface area contributed by atoms with Gasteiger partial charge in [-0.2, -0.15) is 5.26 Å². The highest BCUT2D eigenvalue weighted by Gasteiger charge is 2.17. The zero-order valence-corrected chi connectivity index (χ0v) is 12.3. The van der Waals surface area contributed by atoms with Crippen molar-refractivity contribution < 1.29 is 9.72 Å². The summed E-state index contributed by atoms with van der Waals surface area (Å²) in [6.45, 7) is 6.19. The molecule has 0 aliphatic rings. The highest BCUT2D eigenvalue weighted by molar-refractivity contribution is 5.82. The van der Waals surface area contributed by atoms with Crippen LogP contribution < -0.4 is 10.2 Å². The lowest BCUT2D eigenvalue weighted by Gasteiger charge is -2.24. The van der Waals surface area contributed by atoms with Crippen molar-refractivity contribution in [3.05, 3.63) is 33.9 Å². The Balaban J connectivity index is 3.03. The molecule has 0 aromatic heterocycles. The molecule has 0 spiro atoms. The van der Waals surface area contributed by atoms with E-state index < -0.39 is 4.92 Å². The number of amides is 1. The number of likely N-dealkylation sites (N-methyl/N-ethyl adjacent to an activating group) is 1. The first-order valence-electron chi connectivity index (χ1n) is 6.61. The Morgan fingerprint density at radius 3 is 2.67 bits per heavy atom. The summed E-state index contributed by atoms with van der Waals surface area (Å²) < 4.78 is 0. The van der Waals surface area contributed by atoms with Crippen molar-refractivity contribution in [2.75, 3.05) is 18.0 Å². The molecular formula is C14H18N4O3. The predicted octanol–water partition coefficient (Wildman–Crippen LogP) is 1.82. The Kier molecular flexibility index (Phi) is 5.67. The molecule has 1 amide bonds. The van der Waals surface area contributed by atoms with Crippen LogP contribution >= 0.6 is 0 Å². The fourth-order valence-corrected chi connectivity index (χ4v) is 1.91. The number of nitrogens with zero attached hydrogens (tertiary/aromatic N) is 3. The molecule has 1 rings (SSSR count). The van der Waals surface area contributed by atoms with Crippen molar-refractivity contribution in [3.8, 4) is 6.07 Å². The normalized spacial score (nSPS) is 10.0. The van der Waals surface area contributed by atoms with Gasteiger partial charge in [0.1, 0.15) is 6.07 Å². The molecule has 0 atom stereocenters. The fraction of sp³-hybridized carbons (Fsp3) is 0.429. The van der Waals surface area contributed by atoms with Gasteiger partial charge in [-0.3, -0.25) is 14.9 Å². The summed E-state index contributed by atoms with van der Waals surface area (Å²) in [5.41, 5.74) is 0.561. The third-order valence-electron chi connectivity index (χ3n) is 2.82. The first kappa shape index (κ1) is 16.4. The number of nitro benzene ring substituents is 1. The molecule has 0 unspecified atom stereocenters. The molecule has 0 heterocycles. The number of hydrogen-bond acceptors (Lipinski definition) is 5. The molecule has 0 saturated heterocycles. The smallest absolute Gasteiger partial charge is 0.270 e. The van der Waals surface area contributed by atoms with E-state index in [1.165, 1.54) is 18.2 Å². The standard InChI is InChI=1S/C14H18N4O3/c1-4-17(9-14(19)16-10(2)3)13-6-5-12(18(20)21)7-11(13)8-15/h5-7,10H,4,9H2,1-3H3,(H,16,19). The molecule has 0 aliphatic carbocycles. The molecule has 7 heteroatoms. The van der Waals surface area contributed by atoms with Gasteiger partial charge in [0.25, 0.3) is 5.69 Å². The molecule has 1 aromatic carbocycles. The van der Waals surface area contributed by atoms with Gasteiger partial charge in [-0.25, -0.2) is 0 Å². The highest BCUT2D eigenvalue weighted by Crippen LogP contribution is 2.24. The average molecular weight is 290 g/mol. The number of carbonyl (C=O) groups excluding carboxylic acids is 1. The lowest BCUT2D eigenvalue weighted by molar-refractivity contribution is -0.384. The second kappa shape index (κ2) is 7.24. The maximum atomic E-state index is 11.8. The van der Waals surface area contributed by atoms with E-state index >= 15 is 0 Å². The molecule has 7 nitrogen and oxygen atoms in total. The molecule has 112 valence electrons. The van der Waals surface area contributed by atoms with Crippen molar-refractivity contribution in [1.29, 1.82) is 5.26 Å². The number of nitriles is 1. The van der Waals surface area contributed by atoms with E-state index in [9.17, 15) is 14.9 Å². The predicted molar refractivity (Wildman–Crippen MR) is 79.0 cm³/mol. The minimum Gasteiger partial charge on any atom is -0.361 e. The van der Waals surface area contributed by atoms with E-state index in [2.05, 4.69) is 5.32 Å². The molecule has 21 heavy (non-hydrogen) atoms. The number of anilines is 1. The number of benzene rings is 1. The zero-order chi connectivity index (χ0) is 16.0. The van der Waals surface area contributed by atoms with Crippen LogP contribution in [0.25, 0.3) is 0 Å². The van der Waals surface area contributed by atoms with Crippen LogP contribution in [0.4, 0.5) is 11.4 Å². The van der Waals surface area contributed by atoms with Gasteiger partial charge in [-0.1, -0.05) is 0 Å². The van der Waals surface area contributed by atoms with E-state index in [1.54, 1.807) is 4.90 Å². The highest BCUT2D eigenvalue weighted by atomic mass is 16.6. The van der Waals surface area contributed by atoms with Gasteiger partial charge in [-0.15, -0.1) is 0 Å². The maximum absolute atomic E-state index is 11.8. The van der Waals surface area contributed by atoms with Gasteiger partial charge in [0, 0.05) is 24.7 Å². The molecule has 0 fully saturated rings. The van der Waals surface area contributed by atoms with Crippen molar-refractivity contribution in [2.45, 2.75) is 26.8 Å². The Hall–Kier alpha value is -2.62. The SMILES string of the molecule is CCN(CC(=O)NC(C)C)c1ccc([N+](=O)[O-])cc1C#N. The lowest BCUT2D eigenvalue weighted by Crippen LogP contribution is -2.40. The van der Waals surface area contributed by atoms with Gasteiger partial charge in [0.05, 0.1) is 22.7 Å². The summed E-state index contributed by atoms with van der Waals surface area (Å²) in [5.74, 6) is -0.158. The summed E-state index contributed by atoms with van der Waals surface area (Å²) >= 11 is 0. The van der Waals surface area contributed by atoms with Crippen molar-refractivity contribution in [1.82, 2.24) is 5.32 Å². The number of rotatable bonds is 6. The Bertz CT molecular complexity index is 578. The van der Waals surface area contributed by atoms with Gasteiger partial charge >= 0.3 is 0 Å². The first-order valence-corrected chi connectivity index (χ1v) is 6.61. The summed E-state index contributed by atoms with van der Waals surface area (Å²) in [6, 6.07) is 6.03. The van der Waals surface area contributed by atoms with E-state index in [0.717, 1.165) is 0 Å². The molecular weight excluding hydrogens is 272 g/mol. The summed E-state index contributed by atoms with van der Waals surface area (Å²) in [7, 11) is 0. The minimum atomic E-state index is -0.549. The number of nitrogens with one attached hydrogen (secondary N) is 1. The van der Waals surface area contributed by atoms with Crippen LogP contribution in [0, 0.1) is 21.4 Å². The minimum absolute atomic E-state index is 0.0310. The number of nitro groups is 1. The quantitative estimate of drug-likeness (QED) is 0.636. The second-order valence-electron chi connectivity index (χ2n) is 4.81. The summed E-state index contributed by atoms with van der Waals surface area (Å²) in [5, 5.41) is 22.7. The summed E-state index contributed by atoms with van der Waals surface area (Å²) in [4.78, 5) is 23.7. The van der Waals surface area contributed by atoms with Crippen LogP contribution in [-0.4, -0.2) is 30.0 Å². The second-order valence-corrected chi connectivity index (χ2v) is 4.81. The number of carbonyl (C=O) groups is 1. The van der Waals surface area contributed by atoms with Crippen molar-refractivity contribution in [3.63, 3.8) is 0 Å². The monoisotopic (exact) mass is 290 g/mol. The fourth-order valence-electron chi connectivity index (χ4n) is 1.91. The van der Waals surface area contributed by atoms with Gasteiger partial charge in [0.2, 0.25) is 5.91 Å². The average Bonchev–Trinajstić information content (AvgIpc) is 2.43. The van der Waals surface area contributed by atoms with Crippen LogP contribution in [0.1, 0.15) is 26.3 Å². The van der Waals surface area contributed by atoms with Crippen LogP contribution in [0.3, 0.4) is 0 Å². The van der Waals surface area contributed by atoms with Gasteiger partial charge in [-0.05, 0) is 26.8 Å². The van der Waals surface area contributed by atoms with Crippen molar-refractivity contribution >= 4 is 17.3 Å². The Morgan fingerprint density at radius 2 is 2.19 bits per heavy atom. The van der Waals surface area contributed by atoms with E-state index in [0.29, 0.717) is 12.2 Å². The van der Waals surface area contributed by atoms with Gasteiger partial charge < -0.3 is 10.2 Å². The Labute approximate surface area is 123 Å². The third kappa shape index (κ3) is 4.45. The topological polar surface area (TPSA) is 99.3 Å². The molecule has 1 aromatic rings. The molecule has 0 saturated carbocycles. The van der Waals surface area contributed by atoms with E-state index in [-0.39, 0.29) is 29.7 Å². The van der Waals surface area contributed by atoms with E-state index in [1.807, 2.05) is 26.8 Å². The van der Waals surface area contributed by atoms with Crippen LogP contribution in [0.5, 0.6) is 0 Å².